The Labute approximate surface area is 122 Å². The van der Waals surface area contributed by atoms with Crippen molar-refractivity contribution in [3.63, 3.8) is 0 Å². The maximum atomic E-state index is 13.3. The lowest BCUT2D eigenvalue weighted by molar-refractivity contribution is -0.117. The Kier molecular flexibility index (Phi) is 6.77. The van der Waals surface area contributed by atoms with Crippen LogP contribution in [0, 0.1) is 5.82 Å². The van der Waals surface area contributed by atoms with E-state index in [1.165, 1.54) is 13.2 Å². The van der Waals surface area contributed by atoms with E-state index in [0.717, 1.165) is 12.1 Å². The van der Waals surface area contributed by atoms with Crippen molar-refractivity contribution in [1.82, 2.24) is 0 Å². The van der Waals surface area contributed by atoms with Gasteiger partial charge < -0.3 is 20.5 Å². The van der Waals surface area contributed by atoms with E-state index >= 15 is 0 Å². The van der Waals surface area contributed by atoms with Crippen LogP contribution in [0.2, 0.25) is 0 Å². The molecule has 0 saturated carbocycles. The molecule has 0 aliphatic heterocycles. The van der Waals surface area contributed by atoms with Crippen molar-refractivity contribution in [1.29, 1.82) is 0 Å². The number of nitrogens with one attached hydrogen (secondary N) is 1. The van der Waals surface area contributed by atoms with Crippen LogP contribution >= 0.6 is 0 Å². The molecule has 0 radical (unpaired) electrons. The monoisotopic (exact) mass is 298 g/mol. The second-order valence-corrected chi connectivity index (χ2v) is 4.41. The molecule has 1 atom stereocenters. The fraction of sp³-hybridized carbons (Fsp3) is 0.429. The number of esters is 1. The van der Waals surface area contributed by atoms with Gasteiger partial charge in [-0.05, 0) is 31.0 Å². The molecular formula is C14H19FN2O4. The summed E-state index contributed by atoms with van der Waals surface area (Å²) in [7, 11) is 2.76. The zero-order chi connectivity index (χ0) is 15.8. The Bertz CT molecular complexity index is 508. The topological polar surface area (TPSA) is 90.6 Å². The van der Waals surface area contributed by atoms with E-state index in [0.29, 0.717) is 19.4 Å². The molecule has 6 nitrogen and oxygen atoms in total. The quantitative estimate of drug-likeness (QED) is 0.585. The number of carbonyl (C=O) groups excluding carboxylic acids is 2. The van der Waals surface area contributed by atoms with Crippen molar-refractivity contribution >= 4 is 17.6 Å². The first kappa shape index (κ1) is 17.1. The lowest BCUT2D eigenvalue weighted by Crippen LogP contribution is -2.36. The fourth-order valence-electron chi connectivity index (χ4n) is 1.71. The highest BCUT2D eigenvalue weighted by atomic mass is 19.1. The van der Waals surface area contributed by atoms with E-state index in [-0.39, 0.29) is 11.3 Å². The van der Waals surface area contributed by atoms with E-state index in [1.54, 1.807) is 7.11 Å². The largest absolute Gasteiger partial charge is 0.465 e. The minimum atomic E-state index is -0.770. The first-order valence-corrected chi connectivity index (χ1v) is 6.42. The van der Waals surface area contributed by atoms with Gasteiger partial charge in [0.25, 0.3) is 0 Å². The van der Waals surface area contributed by atoms with Crippen molar-refractivity contribution in [2.45, 2.75) is 18.9 Å². The molecule has 1 aromatic rings. The Morgan fingerprint density at radius 1 is 1.38 bits per heavy atom. The highest BCUT2D eigenvalue weighted by Crippen LogP contribution is 2.18. The minimum absolute atomic E-state index is 0.0361. The van der Waals surface area contributed by atoms with Crippen LogP contribution < -0.4 is 11.1 Å². The first-order valence-electron chi connectivity index (χ1n) is 6.42. The molecule has 116 valence electrons. The van der Waals surface area contributed by atoms with E-state index in [9.17, 15) is 14.0 Å². The lowest BCUT2D eigenvalue weighted by atomic mass is 10.1. The molecule has 0 saturated heterocycles. The summed E-state index contributed by atoms with van der Waals surface area (Å²) in [4.78, 5) is 23.5. The first-order chi connectivity index (χ1) is 9.99. The normalized spacial score (nSPS) is 11.8. The number of halogens is 1. The molecule has 0 bridgehead atoms. The van der Waals surface area contributed by atoms with E-state index in [1.807, 2.05) is 0 Å². The molecule has 1 unspecified atom stereocenters. The molecule has 0 heterocycles. The second kappa shape index (κ2) is 8.33. The van der Waals surface area contributed by atoms with Crippen LogP contribution in [0.25, 0.3) is 0 Å². The smallest absolute Gasteiger partial charge is 0.339 e. The number of anilines is 1. The number of rotatable bonds is 7. The average molecular weight is 298 g/mol. The van der Waals surface area contributed by atoms with Crippen molar-refractivity contribution in [3.8, 4) is 0 Å². The van der Waals surface area contributed by atoms with Crippen LogP contribution in [0.3, 0.4) is 0 Å². The summed E-state index contributed by atoms with van der Waals surface area (Å²) < 4.78 is 22.7. The maximum Gasteiger partial charge on any atom is 0.339 e. The van der Waals surface area contributed by atoms with Gasteiger partial charge in [0, 0.05) is 13.7 Å². The molecule has 1 aromatic carbocycles. The maximum absolute atomic E-state index is 13.3. The minimum Gasteiger partial charge on any atom is -0.465 e. The Morgan fingerprint density at radius 2 is 2.10 bits per heavy atom. The summed E-state index contributed by atoms with van der Waals surface area (Å²) in [6.07, 6.45) is 1.04. The number of hydrogen-bond acceptors (Lipinski definition) is 5. The van der Waals surface area contributed by atoms with Crippen molar-refractivity contribution in [2.75, 3.05) is 26.1 Å². The summed E-state index contributed by atoms with van der Waals surface area (Å²) in [6, 6.07) is 2.63. The van der Waals surface area contributed by atoms with Crippen molar-refractivity contribution in [3.05, 3.63) is 29.6 Å². The van der Waals surface area contributed by atoms with Crippen LogP contribution in [0.5, 0.6) is 0 Å². The highest BCUT2D eigenvalue weighted by molar-refractivity contribution is 6.02. The number of carbonyl (C=O) groups is 2. The van der Waals surface area contributed by atoms with E-state index in [4.69, 9.17) is 10.5 Å². The van der Waals surface area contributed by atoms with E-state index < -0.39 is 23.7 Å². The summed E-state index contributed by atoms with van der Waals surface area (Å²) in [5.41, 5.74) is 5.83. The summed E-state index contributed by atoms with van der Waals surface area (Å²) in [5.74, 6) is -1.74. The zero-order valence-corrected chi connectivity index (χ0v) is 12.0. The molecule has 1 rings (SSSR count). The second-order valence-electron chi connectivity index (χ2n) is 4.41. The number of benzene rings is 1. The van der Waals surface area contributed by atoms with Crippen molar-refractivity contribution < 1.29 is 23.5 Å². The predicted octanol–water partition coefficient (Wildman–Crippen LogP) is 1.30. The van der Waals surface area contributed by atoms with Gasteiger partial charge >= 0.3 is 5.97 Å². The molecule has 0 fully saturated rings. The van der Waals surface area contributed by atoms with Crippen LogP contribution in [0.15, 0.2) is 18.2 Å². The number of ether oxygens (including phenoxy) is 2. The third kappa shape index (κ3) is 5.13. The number of amides is 1. The van der Waals surface area contributed by atoms with Gasteiger partial charge in [0.1, 0.15) is 5.82 Å². The van der Waals surface area contributed by atoms with Gasteiger partial charge in [-0.3, -0.25) is 4.79 Å². The Hall–Kier alpha value is -1.99. The Morgan fingerprint density at radius 3 is 2.71 bits per heavy atom. The van der Waals surface area contributed by atoms with Crippen LogP contribution in [-0.4, -0.2) is 38.7 Å². The average Bonchev–Trinajstić information content (AvgIpc) is 2.46. The fourth-order valence-corrected chi connectivity index (χ4v) is 1.71. The van der Waals surface area contributed by atoms with Gasteiger partial charge in [0.2, 0.25) is 5.91 Å². The summed E-state index contributed by atoms with van der Waals surface area (Å²) in [6.45, 7) is 0.494. The third-order valence-corrected chi connectivity index (χ3v) is 2.85. The molecule has 0 aliphatic carbocycles. The molecule has 0 aromatic heterocycles. The number of methoxy groups -OCH3 is 2. The Balaban J connectivity index is 2.79. The summed E-state index contributed by atoms with van der Waals surface area (Å²) in [5, 5.41) is 2.45. The SMILES string of the molecule is COCCCC(N)C(=O)Nc1cc(F)ccc1C(=O)OC. The number of nitrogens with two attached hydrogens (primary N) is 1. The van der Waals surface area contributed by atoms with Crippen LogP contribution in [-0.2, 0) is 14.3 Å². The molecule has 21 heavy (non-hydrogen) atoms. The van der Waals surface area contributed by atoms with Crippen molar-refractivity contribution in [2.24, 2.45) is 5.73 Å². The van der Waals surface area contributed by atoms with Crippen LogP contribution in [0.4, 0.5) is 10.1 Å². The summed E-state index contributed by atoms with van der Waals surface area (Å²) >= 11 is 0. The van der Waals surface area contributed by atoms with Gasteiger partial charge in [-0.15, -0.1) is 0 Å². The van der Waals surface area contributed by atoms with Gasteiger partial charge in [0.15, 0.2) is 0 Å². The van der Waals surface area contributed by atoms with E-state index in [2.05, 4.69) is 10.1 Å². The molecule has 1 amide bonds. The van der Waals surface area contributed by atoms with Gasteiger partial charge in [-0.1, -0.05) is 0 Å². The zero-order valence-electron chi connectivity index (χ0n) is 12.0. The standard InChI is InChI=1S/C14H19FN2O4/c1-20-7-3-4-11(16)13(18)17-12-8-9(15)5-6-10(12)14(19)21-2/h5-6,8,11H,3-4,7,16H2,1-2H3,(H,17,18). The highest BCUT2D eigenvalue weighted by Gasteiger charge is 2.18. The number of hydrogen-bond donors (Lipinski definition) is 2. The molecule has 0 spiro atoms. The molecule has 0 aliphatic rings. The van der Waals surface area contributed by atoms with Gasteiger partial charge in [-0.2, -0.15) is 0 Å². The van der Waals surface area contributed by atoms with Crippen LogP contribution in [0.1, 0.15) is 23.2 Å². The molecule has 3 N–H and O–H groups in total. The lowest BCUT2D eigenvalue weighted by Gasteiger charge is -2.14. The third-order valence-electron chi connectivity index (χ3n) is 2.85. The molecular weight excluding hydrogens is 279 g/mol. The molecule has 7 heteroatoms. The van der Waals surface area contributed by atoms with Gasteiger partial charge in [0.05, 0.1) is 24.4 Å². The predicted molar refractivity (Wildman–Crippen MR) is 75.5 cm³/mol. The van der Waals surface area contributed by atoms with Gasteiger partial charge in [-0.25, -0.2) is 9.18 Å².